The molecule has 1 amide bonds. The first-order chi connectivity index (χ1) is 5.22. The molecule has 1 atom stereocenters. The molecule has 0 aliphatic carbocycles. The number of amides is 1. The van der Waals surface area contributed by atoms with Gasteiger partial charge in [-0.15, -0.1) is 0 Å². The van der Waals surface area contributed by atoms with Gasteiger partial charge in [0.2, 0.25) is 5.91 Å². The Morgan fingerprint density at radius 3 is 2.91 bits per heavy atom. The summed E-state index contributed by atoms with van der Waals surface area (Å²) < 4.78 is 0. The lowest BCUT2D eigenvalue weighted by Gasteiger charge is -2.07. The molecule has 0 saturated carbocycles. The highest BCUT2D eigenvalue weighted by atomic mass is 16.2. The largest absolute Gasteiger partial charge is 0.342 e. The number of carbonyl (C=O) groups is 1. The highest BCUT2D eigenvalue weighted by Crippen LogP contribution is 1.91. The Morgan fingerprint density at radius 1 is 1.82 bits per heavy atom. The fourth-order valence-electron chi connectivity index (χ4n) is 0.700. The molecular weight excluding hydrogens is 142 g/mol. The van der Waals surface area contributed by atoms with Crippen LogP contribution in [0.25, 0.3) is 0 Å². The first-order valence-electron chi connectivity index (χ1n) is 3.62. The summed E-state index contributed by atoms with van der Waals surface area (Å²) in [6, 6.07) is 1.34. The zero-order valence-corrected chi connectivity index (χ0v) is 6.63. The van der Waals surface area contributed by atoms with E-state index in [0.29, 0.717) is 6.42 Å². The second-order valence-electron chi connectivity index (χ2n) is 2.27. The number of nitrogens with one attached hydrogen (secondary N) is 1. The van der Waals surface area contributed by atoms with Crippen molar-refractivity contribution in [2.45, 2.75) is 25.8 Å². The van der Waals surface area contributed by atoms with Gasteiger partial charge in [-0.3, -0.25) is 4.79 Å². The van der Waals surface area contributed by atoms with Gasteiger partial charge < -0.3 is 11.1 Å². The van der Waals surface area contributed by atoms with Gasteiger partial charge in [0.25, 0.3) is 0 Å². The maximum absolute atomic E-state index is 10.9. The van der Waals surface area contributed by atoms with Crippen LogP contribution in [0.2, 0.25) is 0 Å². The second-order valence-corrected chi connectivity index (χ2v) is 2.27. The smallest absolute Gasteiger partial charge is 0.237 e. The van der Waals surface area contributed by atoms with Crippen LogP contribution in [0, 0.1) is 11.3 Å². The summed E-state index contributed by atoms with van der Waals surface area (Å²) in [6.07, 6.45) is 1.54. The van der Waals surface area contributed by atoms with Crippen molar-refractivity contribution in [3.8, 4) is 6.07 Å². The Morgan fingerprint density at radius 2 is 2.45 bits per heavy atom. The van der Waals surface area contributed by atoms with Gasteiger partial charge in [-0.2, -0.15) is 5.26 Å². The molecule has 11 heavy (non-hydrogen) atoms. The molecule has 0 spiro atoms. The normalized spacial score (nSPS) is 11.7. The fraction of sp³-hybridized carbons (Fsp3) is 0.714. The number of hydrogen-bond acceptors (Lipinski definition) is 3. The van der Waals surface area contributed by atoms with Crippen LogP contribution >= 0.6 is 0 Å². The van der Waals surface area contributed by atoms with E-state index in [2.05, 4.69) is 5.32 Å². The van der Waals surface area contributed by atoms with Gasteiger partial charge in [-0.05, 0) is 6.42 Å². The maximum atomic E-state index is 10.9. The van der Waals surface area contributed by atoms with Crippen LogP contribution in [0.4, 0.5) is 0 Å². The zero-order valence-electron chi connectivity index (χ0n) is 6.63. The summed E-state index contributed by atoms with van der Waals surface area (Å²) in [5.74, 6) is -0.242. The van der Waals surface area contributed by atoms with E-state index >= 15 is 0 Å². The van der Waals surface area contributed by atoms with Crippen molar-refractivity contribution in [1.82, 2.24) is 5.32 Å². The number of rotatable bonds is 4. The van der Waals surface area contributed by atoms with Crippen molar-refractivity contribution >= 4 is 5.91 Å². The van der Waals surface area contributed by atoms with Crippen molar-refractivity contribution in [2.75, 3.05) is 6.54 Å². The van der Waals surface area contributed by atoms with Crippen molar-refractivity contribution in [2.24, 2.45) is 5.73 Å². The molecule has 0 saturated heterocycles. The topological polar surface area (TPSA) is 78.9 Å². The van der Waals surface area contributed by atoms with E-state index in [4.69, 9.17) is 11.0 Å². The molecular formula is C7H13N3O. The van der Waals surface area contributed by atoms with Crippen LogP contribution in [0.3, 0.4) is 0 Å². The maximum Gasteiger partial charge on any atom is 0.237 e. The molecule has 62 valence electrons. The second kappa shape index (κ2) is 5.69. The van der Waals surface area contributed by atoms with Crippen molar-refractivity contribution in [1.29, 1.82) is 5.26 Å². The molecule has 0 aromatic rings. The molecule has 0 bridgehead atoms. The van der Waals surface area contributed by atoms with E-state index in [0.717, 1.165) is 6.42 Å². The fourth-order valence-corrected chi connectivity index (χ4v) is 0.700. The van der Waals surface area contributed by atoms with E-state index in [-0.39, 0.29) is 12.5 Å². The predicted molar refractivity (Wildman–Crippen MR) is 41.5 cm³/mol. The molecule has 0 aromatic heterocycles. The first kappa shape index (κ1) is 9.92. The highest BCUT2D eigenvalue weighted by Gasteiger charge is 2.10. The molecule has 0 rings (SSSR count). The number of hydrogen-bond donors (Lipinski definition) is 2. The lowest BCUT2D eigenvalue weighted by atomic mass is 10.2. The lowest BCUT2D eigenvalue weighted by molar-refractivity contribution is -0.122. The van der Waals surface area contributed by atoms with Gasteiger partial charge in [-0.25, -0.2) is 0 Å². The summed E-state index contributed by atoms with van der Waals surface area (Å²) in [4.78, 5) is 10.9. The number of carbonyl (C=O) groups excluding carboxylic acids is 1. The third-order valence-electron chi connectivity index (χ3n) is 1.28. The molecule has 0 aliphatic rings. The molecule has 0 unspecified atom stereocenters. The van der Waals surface area contributed by atoms with Crippen LogP contribution in [0.15, 0.2) is 0 Å². The Balaban J connectivity index is 3.57. The average Bonchev–Trinajstić information content (AvgIpc) is 2.00. The van der Waals surface area contributed by atoms with Crippen LogP contribution in [-0.4, -0.2) is 18.5 Å². The lowest BCUT2D eigenvalue weighted by Crippen LogP contribution is -2.40. The third-order valence-corrected chi connectivity index (χ3v) is 1.28. The number of nitrogens with two attached hydrogens (primary N) is 1. The molecule has 0 heterocycles. The van der Waals surface area contributed by atoms with Gasteiger partial charge in [0.05, 0.1) is 12.1 Å². The van der Waals surface area contributed by atoms with E-state index in [1.165, 1.54) is 0 Å². The molecule has 4 heteroatoms. The monoisotopic (exact) mass is 155 g/mol. The molecule has 0 aromatic carbocycles. The summed E-state index contributed by atoms with van der Waals surface area (Å²) >= 11 is 0. The van der Waals surface area contributed by atoms with Crippen molar-refractivity contribution in [3.63, 3.8) is 0 Å². The minimum absolute atomic E-state index is 0.0379. The van der Waals surface area contributed by atoms with Crippen molar-refractivity contribution in [3.05, 3.63) is 0 Å². The Labute approximate surface area is 66.4 Å². The van der Waals surface area contributed by atoms with E-state index in [1.54, 1.807) is 0 Å². The van der Waals surface area contributed by atoms with E-state index in [9.17, 15) is 4.79 Å². The standard InChI is InChI=1S/C7H13N3O/c1-2-3-6(9)7(11)10-5-4-8/h6H,2-3,5,9H2,1H3,(H,10,11)/t6-/m1/s1. The minimum atomic E-state index is -0.464. The van der Waals surface area contributed by atoms with Crippen LogP contribution in [0.1, 0.15) is 19.8 Å². The van der Waals surface area contributed by atoms with Gasteiger partial charge in [-0.1, -0.05) is 13.3 Å². The van der Waals surface area contributed by atoms with Crippen LogP contribution in [-0.2, 0) is 4.79 Å². The van der Waals surface area contributed by atoms with Crippen molar-refractivity contribution < 1.29 is 4.79 Å². The Kier molecular flexibility index (Phi) is 5.13. The zero-order chi connectivity index (χ0) is 8.69. The summed E-state index contributed by atoms with van der Waals surface area (Å²) in [7, 11) is 0. The third kappa shape index (κ3) is 4.34. The Bertz CT molecular complexity index is 162. The van der Waals surface area contributed by atoms with E-state index in [1.807, 2.05) is 13.0 Å². The number of nitriles is 1. The SMILES string of the molecule is CCC[C@@H](N)C(=O)NCC#N. The predicted octanol–water partition coefficient (Wildman–Crippen LogP) is -0.246. The van der Waals surface area contributed by atoms with E-state index < -0.39 is 6.04 Å². The summed E-state index contributed by atoms with van der Waals surface area (Å²) in [5, 5.41) is 10.5. The average molecular weight is 155 g/mol. The van der Waals surface area contributed by atoms with Gasteiger partial charge in [0.1, 0.15) is 6.54 Å². The Hall–Kier alpha value is -1.08. The van der Waals surface area contributed by atoms with Crippen LogP contribution < -0.4 is 11.1 Å². The molecule has 0 fully saturated rings. The van der Waals surface area contributed by atoms with Crippen LogP contribution in [0.5, 0.6) is 0 Å². The summed E-state index contributed by atoms with van der Waals surface area (Å²) in [5.41, 5.74) is 5.45. The van der Waals surface area contributed by atoms with Gasteiger partial charge >= 0.3 is 0 Å². The molecule has 0 radical (unpaired) electrons. The molecule has 0 aliphatic heterocycles. The molecule has 4 nitrogen and oxygen atoms in total. The summed E-state index contributed by atoms with van der Waals surface area (Å²) in [6.45, 7) is 1.99. The quantitative estimate of drug-likeness (QED) is 0.549. The molecule has 3 N–H and O–H groups in total. The minimum Gasteiger partial charge on any atom is -0.342 e. The first-order valence-corrected chi connectivity index (χ1v) is 3.62. The van der Waals surface area contributed by atoms with Gasteiger partial charge in [0, 0.05) is 0 Å². The number of nitrogens with zero attached hydrogens (tertiary/aromatic N) is 1. The highest BCUT2D eigenvalue weighted by molar-refractivity contribution is 5.81. The van der Waals surface area contributed by atoms with Gasteiger partial charge in [0.15, 0.2) is 0 Å².